The summed E-state index contributed by atoms with van der Waals surface area (Å²) in [6.07, 6.45) is 0. The van der Waals surface area contributed by atoms with Gasteiger partial charge >= 0.3 is 0 Å². The Morgan fingerprint density at radius 1 is 1.16 bits per heavy atom. The molecule has 3 N–H and O–H groups in total. The lowest BCUT2D eigenvalue weighted by atomic mass is 10.1. The number of nitrogens with one attached hydrogen (secondary N) is 1. The summed E-state index contributed by atoms with van der Waals surface area (Å²) in [5, 5.41) is 5.03. The van der Waals surface area contributed by atoms with Gasteiger partial charge in [0.15, 0.2) is 0 Å². The van der Waals surface area contributed by atoms with E-state index in [4.69, 9.17) is 17.3 Å². The van der Waals surface area contributed by atoms with Crippen molar-refractivity contribution in [2.75, 3.05) is 11.2 Å². The summed E-state index contributed by atoms with van der Waals surface area (Å²) < 4.78 is 0. The van der Waals surface area contributed by atoms with Crippen LogP contribution in [0.25, 0.3) is 0 Å². The van der Waals surface area contributed by atoms with Gasteiger partial charge in [-0.1, -0.05) is 23.7 Å². The number of nitrogens with two attached hydrogens (primary N) is 1. The lowest BCUT2D eigenvalue weighted by Crippen LogP contribution is -2.04. The fourth-order valence-corrected chi connectivity index (χ4v) is 1.87. The van der Waals surface area contributed by atoms with E-state index in [9.17, 15) is 0 Å². The minimum absolute atomic E-state index is 0.703. The second kappa shape index (κ2) is 5.76. The Morgan fingerprint density at radius 2 is 1.84 bits per heavy atom. The molecule has 0 radical (unpaired) electrons. The predicted octanol–water partition coefficient (Wildman–Crippen LogP) is 4.07. The molecule has 98 valence electrons. The highest BCUT2D eigenvalue weighted by Gasteiger charge is 2.02. The second-order valence-corrected chi connectivity index (χ2v) is 4.84. The van der Waals surface area contributed by atoms with Gasteiger partial charge in [0.25, 0.3) is 0 Å². The van der Waals surface area contributed by atoms with Gasteiger partial charge in [-0.25, -0.2) is 0 Å². The fourth-order valence-electron chi connectivity index (χ4n) is 1.74. The Kier molecular flexibility index (Phi) is 4.07. The van der Waals surface area contributed by atoms with E-state index < -0.39 is 0 Å². The number of rotatable bonds is 3. The molecule has 0 aliphatic rings. The maximum Gasteiger partial charge on any atom is 0.0669 e. The van der Waals surface area contributed by atoms with Crippen molar-refractivity contribution in [3.8, 4) is 0 Å². The Bertz CT molecular complexity index is 603. The van der Waals surface area contributed by atoms with E-state index in [1.54, 1.807) is 0 Å². The average Bonchev–Trinajstić information content (AvgIpc) is 2.37. The quantitative estimate of drug-likeness (QED) is 0.503. The van der Waals surface area contributed by atoms with E-state index in [1.807, 2.05) is 56.3 Å². The first-order valence-corrected chi connectivity index (χ1v) is 6.36. The first kappa shape index (κ1) is 13.4. The van der Waals surface area contributed by atoms with Gasteiger partial charge in [0.2, 0.25) is 0 Å². The molecule has 0 amide bonds. The topological polar surface area (TPSA) is 50.4 Å². The molecule has 2 rings (SSSR count). The maximum atomic E-state index is 5.99. The fraction of sp³-hybridized carbons (Fsp3) is 0.133. The molecule has 0 fully saturated rings. The summed E-state index contributed by atoms with van der Waals surface area (Å²) in [5.74, 6) is 0. The van der Waals surface area contributed by atoms with Crippen molar-refractivity contribution in [3.63, 3.8) is 0 Å². The largest absolute Gasteiger partial charge is 0.398 e. The van der Waals surface area contributed by atoms with E-state index >= 15 is 0 Å². The van der Waals surface area contributed by atoms with Gasteiger partial charge in [-0.2, -0.15) is 5.10 Å². The first-order chi connectivity index (χ1) is 9.06. The van der Waals surface area contributed by atoms with Crippen molar-refractivity contribution in [1.29, 1.82) is 0 Å². The van der Waals surface area contributed by atoms with E-state index in [-0.39, 0.29) is 0 Å². The third-order valence-electron chi connectivity index (χ3n) is 2.79. The summed E-state index contributed by atoms with van der Waals surface area (Å²) in [6, 6.07) is 13.3. The highest BCUT2D eigenvalue weighted by Crippen LogP contribution is 2.16. The van der Waals surface area contributed by atoms with Crippen LogP contribution in [0.5, 0.6) is 0 Å². The third kappa shape index (κ3) is 3.48. The Hall–Kier alpha value is -2.00. The van der Waals surface area contributed by atoms with Gasteiger partial charge in [0, 0.05) is 16.3 Å². The van der Waals surface area contributed by atoms with Crippen molar-refractivity contribution in [3.05, 3.63) is 58.6 Å². The van der Waals surface area contributed by atoms with Gasteiger partial charge in [-0.15, -0.1) is 0 Å². The van der Waals surface area contributed by atoms with Crippen LogP contribution in [0.4, 0.5) is 11.4 Å². The minimum atomic E-state index is 0.703. The Balaban J connectivity index is 2.16. The van der Waals surface area contributed by atoms with Crippen LogP contribution in [0.1, 0.15) is 18.1 Å². The summed E-state index contributed by atoms with van der Waals surface area (Å²) in [4.78, 5) is 0. The SMILES string of the molecule is C/C(=N\Nc1ccc(Cl)cc1)c1ccc(C)cc1N. The normalized spacial score (nSPS) is 11.4. The zero-order valence-corrected chi connectivity index (χ0v) is 11.7. The summed E-state index contributed by atoms with van der Waals surface area (Å²) in [6.45, 7) is 3.93. The highest BCUT2D eigenvalue weighted by molar-refractivity contribution is 6.30. The van der Waals surface area contributed by atoms with Gasteiger partial charge < -0.3 is 5.73 Å². The molecule has 0 unspecified atom stereocenters. The average molecular weight is 274 g/mol. The van der Waals surface area contributed by atoms with Crippen molar-refractivity contribution < 1.29 is 0 Å². The van der Waals surface area contributed by atoms with E-state index in [0.717, 1.165) is 28.2 Å². The molecule has 0 bridgehead atoms. The van der Waals surface area contributed by atoms with Crippen LogP contribution in [-0.4, -0.2) is 5.71 Å². The number of halogens is 1. The summed E-state index contributed by atoms with van der Waals surface area (Å²) in [7, 11) is 0. The van der Waals surface area contributed by atoms with Crippen LogP contribution in [0.2, 0.25) is 5.02 Å². The Labute approximate surface area is 118 Å². The molecular weight excluding hydrogens is 258 g/mol. The lowest BCUT2D eigenvalue weighted by Gasteiger charge is -2.07. The van der Waals surface area contributed by atoms with Gasteiger partial charge in [-0.3, -0.25) is 5.43 Å². The number of nitrogens with zero attached hydrogens (tertiary/aromatic N) is 1. The number of aryl methyl sites for hydroxylation is 1. The van der Waals surface area contributed by atoms with Crippen molar-refractivity contribution >= 4 is 28.7 Å². The first-order valence-electron chi connectivity index (χ1n) is 5.98. The third-order valence-corrected chi connectivity index (χ3v) is 3.05. The van der Waals surface area contributed by atoms with Gasteiger partial charge in [0.1, 0.15) is 0 Å². The number of benzene rings is 2. The van der Waals surface area contributed by atoms with Crippen molar-refractivity contribution in [2.45, 2.75) is 13.8 Å². The Morgan fingerprint density at radius 3 is 2.47 bits per heavy atom. The summed E-state index contributed by atoms with van der Waals surface area (Å²) in [5.41, 5.74) is 13.5. The number of nitrogen functional groups attached to an aromatic ring is 1. The van der Waals surface area contributed by atoms with Gasteiger partial charge in [0.05, 0.1) is 11.4 Å². The monoisotopic (exact) mass is 273 g/mol. The molecule has 0 aliphatic carbocycles. The van der Waals surface area contributed by atoms with Crippen molar-refractivity contribution in [2.24, 2.45) is 5.10 Å². The van der Waals surface area contributed by atoms with Crippen LogP contribution in [0.3, 0.4) is 0 Å². The van der Waals surface area contributed by atoms with Crippen LogP contribution in [-0.2, 0) is 0 Å². The number of hydrogen-bond acceptors (Lipinski definition) is 3. The molecule has 0 heterocycles. The lowest BCUT2D eigenvalue weighted by molar-refractivity contribution is 1.32. The zero-order valence-electron chi connectivity index (χ0n) is 10.9. The van der Waals surface area contributed by atoms with Crippen LogP contribution >= 0.6 is 11.6 Å². The molecule has 0 saturated heterocycles. The molecule has 0 saturated carbocycles. The summed E-state index contributed by atoms with van der Waals surface area (Å²) >= 11 is 5.83. The number of hydrogen-bond donors (Lipinski definition) is 2. The molecule has 4 heteroatoms. The zero-order chi connectivity index (χ0) is 13.8. The molecule has 0 aromatic heterocycles. The van der Waals surface area contributed by atoms with Crippen LogP contribution in [0, 0.1) is 6.92 Å². The minimum Gasteiger partial charge on any atom is -0.398 e. The standard InChI is InChI=1S/C15H16ClN3/c1-10-3-8-14(15(17)9-10)11(2)18-19-13-6-4-12(16)5-7-13/h3-9,19H,17H2,1-2H3/b18-11+. The predicted molar refractivity (Wildman–Crippen MR) is 82.9 cm³/mol. The highest BCUT2D eigenvalue weighted by atomic mass is 35.5. The van der Waals surface area contributed by atoms with E-state index in [2.05, 4.69) is 10.5 Å². The van der Waals surface area contributed by atoms with Crippen molar-refractivity contribution in [1.82, 2.24) is 0 Å². The smallest absolute Gasteiger partial charge is 0.0669 e. The molecule has 19 heavy (non-hydrogen) atoms. The molecule has 2 aromatic rings. The van der Waals surface area contributed by atoms with Crippen LogP contribution in [0.15, 0.2) is 47.6 Å². The van der Waals surface area contributed by atoms with E-state index in [0.29, 0.717) is 5.02 Å². The molecule has 0 spiro atoms. The maximum absolute atomic E-state index is 5.99. The van der Waals surface area contributed by atoms with Crippen LogP contribution < -0.4 is 11.2 Å². The molecule has 2 aromatic carbocycles. The van der Waals surface area contributed by atoms with E-state index in [1.165, 1.54) is 0 Å². The van der Waals surface area contributed by atoms with Gasteiger partial charge in [-0.05, 0) is 49.7 Å². The molecule has 3 nitrogen and oxygen atoms in total. The second-order valence-electron chi connectivity index (χ2n) is 4.41. The molecule has 0 aliphatic heterocycles. The molecule has 0 atom stereocenters. The molecular formula is C15H16ClN3. The number of anilines is 2. The number of hydrazone groups is 1.